The quantitative estimate of drug-likeness (QED) is 0.748. The van der Waals surface area contributed by atoms with Crippen molar-refractivity contribution in [2.24, 2.45) is 0 Å². The number of fused-ring (bicyclic) bond motifs is 1. The summed E-state index contributed by atoms with van der Waals surface area (Å²) in [6.45, 7) is 0. The molecule has 0 aliphatic rings. The monoisotopic (exact) mass is 255 g/mol. The minimum atomic E-state index is -0.983. The number of nitrogens with zero attached hydrogens (tertiary/aromatic N) is 2. The molecule has 6 heteroatoms. The highest BCUT2D eigenvalue weighted by atomic mass is 16.4. The van der Waals surface area contributed by atoms with E-state index in [-0.39, 0.29) is 11.6 Å². The average Bonchev–Trinajstić information content (AvgIpc) is 2.81. The molecule has 0 fully saturated rings. The second kappa shape index (κ2) is 4.41. The fraction of sp³-hybridized carbons (Fsp3) is 0. The summed E-state index contributed by atoms with van der Waals surface area (Å²) in [7, 11) is 0. The summed E-state index contributed by atoms with van der Waals surface area (Å²) in [5.41, 5.74) is 1.85. The van der Waals surface area contributed by atoms with Gasteiger partial charge in [-0.3, -0.25) is 0 Å². The van der Waals surface area contributed by atoms with E-state index >= 15 is 0 Å². The molecule has 2 N–H and O–H groups in total. The fourth-order valence-corrected chi connectivity index (χ4v) is 1.68. The second-order valence-electron chi connectivity index (χ2n) is 3.86. The fourth-order valence-electron chi connectivity index (χ4n) is 1.68. The normalized spacial score (nSPS) is 10.5. The molecule has 3 rings (SSSR count). The van der Waals surface area contributed by atoms with Crippen LogP contribution in [0.3, 0.4) is 0 Å². The molecular formula is C13H9N3O3. The molecule has 19 heavy (non-hydrogen) atoms. The van der Waals surface area contributed by atoms with Crippen LogP contribution in [0.15, 0.2) is 47.0 Å². The van der Waals surface area contributed by atoms with Crippen LogP contribution in [0.1, 0.15) is 10.4 Å². The molecule has 0 spiro atoms. The number of carboxylic acids is 1. The number of carboxylic acid groups (broad SMARTS) is 1. The zero-order valence-electron chi connectivity index (χ0n) is 9.70. The Morgan fingerprint density at radius 1 is 1.26 bits per heavy atom. The Kier molecular flexibility index (Phi) is 2.60. The van der Waals surface area contributed by atoms with Crippen molar-refractivity contribution in [1.29, 1.82) is 0 Å². The van der Waals surface area contributed by atoms with E-state index in [0.717, 1.165) is 0 Å². The Bertz CT molecular complexity index is 718. The number of benzene rings is 1. The summed E-state index contributed by atoms with van der Waals surface area (Å²) in [5, 5.41) is 11.8. The minimum Gasteiger partial charge on any atom is -0.478 e. The number of aromatic carboxylic acids is 1. The van der Waals surface area contributed by atoms with Gasteiger partial charge >= 0.3 is 12.0 Å². The van der Waals surface area contributed by atoms with Crippen molar-refractivity contribution in [1.82, 2.24) is 9.97 Å². The van der Waals surface area contributed by atoms with Gasteiger partial charge in [0, 0.05) is 11.9 Å². The largest absolute Gasteiger partial charge is 0.478 e. The van der Waals surface area contributed by atoms with Crippen molar-refractivity contribution in [3.05, 3.63) is 48.2 Å². The summed E-state index contributed by atoms with van der Waals surface area (Å²) in [6.07, 6.45) is 1.62. The lowest BCUT2D eigenvalue weighted by molar-refractivity contribution is 0.0697. The van der Waals surface area contributed by atoms with Gasteiger partial charge < -0.3 is 14.8 Å². The van der Waals surface area contributed by atoms with Crippen LogP contribution in [0.25, 0.3) is 11.2 Å². The first-order valence-corrected chi connectivity index (χ1v) is 5.54. The molecule has 0 bridgehead atoms. The van der Waals surface area contributed by atoms with E-state index in [9.17, 15) is 4.79 Å². The molecule has 0 aliphatic carbocycles. The van der Waals surface area contributed by atoms with E-state index in [4.69, 9.17) is 9.52 Å². The molecule has 0 amide bonds. The molecule has 0 saturated carbocycles. The average molecular weight is 255 g/mol. The van der Waals surface area contributed by atoms with Gasteiger partial charge in [0.2, 0.25) is 5.65 Å². The van der Waals surface area contributed by atoms with Crippen LogP contribution >= 0.6 is 0 Å². The molecule has 0 aliphatic heterocycles. The summed E-state index contributed by atoms with van der Waals surface area (Å²) >= 11 is 0. The first kappa shape index (κ1) is 11.2. The highest BCUT2D eigenvalue weighted by Crippen LogP contribution is 2.21. The minimum absolute atomic E-state index is 0.194. The lowest BCUT2D eigenvalue weighted by Crippen LogP contribution is -1.97. The Balaban J connectivity index is 1.92. The molecule has 0 unspecified atom stereocenters. The van der Waals surface area contributed by atoms with Gasteiger partial charge in [-0.05, 0) is 30.3 Å². The van der Waals surface area contributed by atoms with Gasteiger partial charge in [0.1, 0.15) is 0 Å². The predicted molar refractivity (Wildman–Crippen MR) is 68.5 cm³/mol. The van der Waals surface area contributed by atoms with Crippen molar-refractivity contribution < 1.29 is 14.3 Å². The van der Waals surface area contributed by atoms with Crippen molar-refractivity contribution in [3.63, 3.8) is 0 Å². The molecule has 3 aromatic rings. The SMILES string of the molecule is O=C(O)c1cccc(Nc2nc3ncccc3o2)c1. The van der Waals surface area contributed by atoms with Crippen LogP contribution in [-0.4, -0.2) is 21.0 Å². The first-order chi connectivity index (χ1) is 9.22. The van der Waals surface area contributed by atoms with Crippen molar-refractivity contribution >= 4 is 28.9 Å². The third kappa shape index (κ3) is 2.23. The van der Waals surface area contributed by atoms with Gasteiger partial charge in [0.05, 0.1) is 5.56 Å². The van der Waals surface area contributed by atoms with Gasteiger partial charge in [0.25, 0.3) is 0 Å². The van der Waals surface area contributed by atoms with Crippen LogP contribution in [0, 0.1) is 0 Å². The summed E-state index contributed by atoms with van der Waals surface area (Å²) < 4.78 is 5.44. The third-order valence-corrected chi connectivity index (χ3v) is 2.53. The lowest BCUT2D eigenvalue weighted by Gasteiger charge is -2.02. The van der Waals surface area contributed by atoms with Gasteiger partial charge in [-0.1, -0.05) is 6.07 Å². The summed E-state index contributed by atoms with van der Waals surface area (Å²) in [5.74, 6) is -0.983. The number of rotatable bonds is 3. The standard InChI is InChI=1S/C13H9N3O3/c17-12(18)8-3-1-4-9(7-8)15-13-16-11-10(19-13)5-2-6-14-11/h1-7H,(H,17,18)(H,14,15,16). The third-order valence-electron chi connectivity index (χ3n) is 2.53. The number of carbonyl (C=O) groups is 1. The number of nitrogens with one attached hydrogen (secondary N) is 1. The molecule has 0 saturated heterocycles. The van der Waals surface area contributed by atoms with Crippen LogP contribution < -0.4 is 5.32 Å². The van der Waals surface area contributed by atoms with Gasteiger partial charge in [-0.25, -0.2) is 9.78 Å². The van der Waals surface area contributed by atoms with E-state index in [1.165, 1.54) is 12.1 Å². The number of anilines is 2. The molecule has 2 aromatic heterocycles. The summed E-state index contributed by atoms with van der Waals surface area (Å²) in [6, 6.07) is 10.2. The topological polar surface area (TPSA) is 88.2 Å². The highest BCUT2D eigenvalue weighted by molar-refractivity contribution is 5.89. The van der Waals surface area contributed by atoms with E-state index in [2.05, 4.69) is 15.3 Å². The Hall–Kier alpha value is -2.89. The van der Waals surface area contributed by atoms with E-state index in [1.807, 2.05) is 0 Å². The predicted octanol–water partition coefficient (Wildman–Crippen LogP) is 2.66. The number of aromatic nitrogens is 2. The molecule has 6 nitrogen and oxygen atoms in total. The van der Waals surface area contributed by atoms with Crippen LogP contribution in [0.5, 0.6) is 0 Å². The highest BCUT2D eigenvalue weighted by Gasteiger charge is 2.08. The first-order valence-electron chi connectivity index (χ1n) is 5.54. The van der Waals surface area contributed by atoms with E-state index in [0.29, 0.717) is 16.9 Å². The Morgan fingerprint density at radius 2 is 2.16 bits per heavy atom. The van der Waals surface area contributed by atoms with Crippen molar-refractivity contribution in [3.8, 4) is 0 Å². The number of pyridine rings is 1. The molecular weight excluding hydrogens is 246 g/mol. The van der Waals surface area contributed by atoms with Gasteiger partial charge in [-0.2, -0.15) is 4.98 Å². The maximum absolute atomic E-state index is 10.9. The van der Waals surface area contributed by atoms with Crippen molar-refractivity contribution in [2.75, 3.05) is 5.32 Å². The molecule has 2 heterocycles. The Labute approximate surface area is 107 Å². The lowest BCUT2D eigenvalue weighted by atomic mass is 10.2. The smallest absolute Gasteiger partial charge is 0.335 e. The number of hydrogen-bond donors (Lipinski definition) is 2. The maximum atomic E-state index is 10.9. The number of oxazole rings is 1. The second-order valence-corrected chi connectivity index (χ2v) is 3.86. The van der Waals surface area contributed by atoms with Gasteiger partial charge in [-0.15, -0.1) is 0 Å². The Morgan fingerprint density at radius 3 is 2.95 bits per heavy atom. The summed E-state index contributed by atoms with van der Waals surface area (Å²) in [4.78, 5) is 19.1. The number of hydrogen-bond acceptors (Lipinski definition) is 5. The zero-order valence-corrected chi connectivity index (χ0v) is 9.70. The molecule has 94 valence electrons. The molecule has 1 aromatic carbocycles. The van der Waals surface area contributed by atoms with Crippen LogP contribution in [-0.2, 0) is 0 Å². The van der Waals surface area contributed by atoms with E-state index < -0.39 is 5.97 Å². The van der Waals surface area contributed by atoms with Crippen LogP contribution in [0.4, 0.5) is 11.7 Å². The molecule has 0 radical (unpaired) electrons. The van der Waals surface area contributed by atoms with Crippen LogP contribution in [0.2, 0.25) is 0 Å². The van der Waals surface area contributed by atoms with Gasteiger partial charge in [0.15, 0.2) is 5.58 Å². The maximum Gasteiger partial charge on any atom is 0.335 e. The van der Waals surface area contributed by atoms with Crippen molar-refractivity contribution in [2.45, 2.75) is 0 Å². The molecule has 0 atom stereocenters. The van der Waals surface area contributed by atoms with E-state index in [1.54, 1.807) is 30.5 Å². The zero-order chi connectivity index (χ0) is 13.2.